The van der Waals surface area contributed by atoms with E-state index in [2.05, 4.69) is 44.3 Å². The van der Waals surface area contributed by atoms with E-state index in [1.54, 1.807) is 8.61 Å². The van der Waals surface area contributed by atoms with Gasteiger partial charge in [-0.25, -0.2) is 16.8 Å². The highest BCUT2D eigenvalue weighted by Crippen LogP contribution is 2.38. The van der Waals surface area contributed by atoms with E-state index >= 15 is 0 Å². The molecule has 4 aliphatic rings. The Balaban J connectivity index is 1.32. The summed E-state index contributed by atoms with van der Waals surface area (Å²) in [6.45, 7) is 9.40. The maximum atomic E-state index is 14.4. The molecule has 4 saturated heterocycles. The fourth-order valence-corrected chi connectivity index (χ4v) is 10.8. The molecule has 0 saturated carbocycles. The molecular weight excluding hydrogens is 621 g/mol. The third-order valence-corrected chi connectivity index (χ3v) is 14.0. The molecule has 4 heterocycles. The zero-order valence-corrected chi connectivity index (χ0v) is 28.9. The quantitative estimate of drug-likeness (QED) is 0.363. The van der Waals surface area contributed by atoms with Crippen LogP contribution in [0.25, 0.3) is 0 Å². The van der Waals surface area contributed by atoms with Crippen molar-refractivity contribution in [1.82, 2.24) is 18.4 Å². The molecule has 0 aromatic heterocycles. The highest BCUT2D eigenvalue weighted by atomic mass is 32.2. The monoisotopic (exact) mass is 672 g/mol. The molecule has 46 heavy (non-hydrogen) atoms. The summed E-state index contributed by atoms with van der Waals surface area (Å²) < 4.78 is 60.4. The molecule has 1 N–H and O–H groups in total. The van der Waals surface area contributed by atoms with Crippen molar-refractivity contribution in [2.75, 3.05) is 95.3 Å². The fourth-order valence-electron chi connectivity index (χ4n) is 7.34. The van der Waals surface area contributed by atoms with Gasteiger partial charge in [-0.05, 0) is 75.7 Å². The molecule has 0 bridgehead atoms. The van der Waals surface area contributed by atoms with Crippen LogP contribution in [0.15, 0.2) is 52.3 Å². The van der Waals surface area contributed by atoms with Crippen LogP contribution in [-0.2, 0) is 26.5 Å². The third kappa shape index (κ3) is 7.90. The first-order valence-electron chi connectivity index (χ1n) is 17.5. The number of anilines is 2. The number of nitrogens with zero attached hydrogens (tertiary/aromatic N) is 5. The van der Waals surface area contributed by atoms with Crippen LogP contribution in [0.5, 0.6) is 0 Å². The van der Waals surface area contributed by atoms with E-state index in [9.17, 15) is 16.8 Å². The average Bonchev–Trinajstić information content (AvgIpc) is 3.62. The minimum Gasteiger partial charge on any atom is -0.383 e. The van der Waals surface area contributed by atoms with Gasteiger partial charge in [-0.1, -0.05) is 43.2 Å². The molecule has 0 unspecified atom stereocenters. The molecule has 0 atom stereocenters. The second-order valence-corrected chi connectivity index (χ2v) is 17.1. The lowest BCUT2D eigenvalue weighted by molar-refractivity contribution is 0.260. The van der Waals surface area contributed by atoms with Gasteiger partial charge in [0.2, 0.25) is 20.0 Å². The van der Waals surface area contributed by atoms with Gasteiger partial charge in [-0.15, -0.1) is 0 Å². The summed E-state index contributed by atoms with van der Waals surface area (Å²) in [7, 11) is -7.80. The molecule has 254 valence electrons. The number of nitrogens with one attached hydrogen (secondary N) is 1. The Hall–Kier alpha value is -2.22. The molecule has 0 spiro atoms. The fraction of sp³-hybridized carbons (Fsp3) is 0.647. The highest BCUT2D eigenvalue weighted by molar-refractivity contribution is 7.90. The molecule has 2 aromatic carbocycles. The first kappa shape index (κ1) is 33.7. The number of piperidine rings is 2. The predicted octanol–water partition coefficient (Wildman–Crippen LogP) is 3.91. The Morgan fingerprint density at radius 2 is 1.11 bits per heavy atom. The zero-order valence-electron chi connectivity index (χ0n) is 27.3. The van der Waals surface area contributed by atoms with Gasteiger partial charge in [0.05, 0.1) is 11.4 Å². The van der Waals surface area contributed by atoms with E-state index in [1.807, 2.05) is 12.1 Å². The van der Waals surface area contributed by atoms with E-state index < -0.39 is 20.0 Å². The van der Waals surface area contributed by atoms with Crippen LogP contribution < -0.4 is 10.2 Å². The van der Waals surface area contributed by atoms with Crippen molar-refractivity contribution in [3.8, 4) is 0 Å². The number of hydrogen-bond donors (Lipinski definition) is 1. The van der Waals surface area contributed by atoms with Crippen molar-refractivity contribution in [2.45, 2.75) is 67.6 Å². The van der Waals surface area contributed by atoms with Crippen molar-refractivity contribution >= 4 is 31.4 Å². The molecule has 2 aromatic rings. The second-order valence-electron chi connectivity index (χ2n) is 13.3. The van der Waals surface area contributed by atoms with Crippen LogP contribution in [0.3, 0.4) is 0 Å². The molecule has 0 aliphatic carbocycles. The maximum Gasteiger partial charge on any atom is 0.245 e. The highest BCUT2D eigenvalue weighted by Gasteiger charge is 2.36. The number of benzene rings is 2. The molecule has 4 fully saturated rings. The minimum atomic E-state index is -3.91. The van der Waals surface area contributed by atoms with Crippen molar-refractivity contribution < 1.29 is 16.8 Å². The van der Waals surface area contributed by atoms with E-state index in [4.69, 9.17) is 0 Å². The van der Waals surface area contributed by atoms with Crippen LogP contribution in [0.4, 0.5) is 11.4 Å². The topological polar surface area (TPSA) is 96.5 Å². The van der Waals surface area contributed by atoms with Gasteiger partial charge >= 0.3 is 0 Å². The predicted molar refractivity (Wildman–Crippen MR) is 185 cm³/mol. The molecular formula is C34H52N6O4S2. The van der Waals surface area contributed by atoms with Crippen LogP contribution in [-0.4, -0.2) is 120 Å². The number of sulfonamides is 2. The van der Waals surface area contributed by atoms with Gasteiger partial charge in [0.1, 0.15) is 9.79 Å². The van der Waals surface area contributed by atoms with Gasteiger partial charge in [-0.2, -0.15) is 8.61 Å². The Bertz CT molecular complexity index is 1500. The molecule has 6 rings (SSSR count). The van der Waals surface area contributed by atoms with E-state index in [1.165, 1.54) is 24.5 Å². The van der Waals surface area contributed by atoms with Gasteiger partial charge in [0.25, 0.3) is 0 Å². The van der Waals surface area contributed by atoms with Crippen LogP contribution >= 0.6 is 0 Å². The van der Waals surface area contributed by atoms with Gasteiger partial charge in [0.15, 0.2) is 0 Å². The molecule has 4 aliphatic heterocycles. The summed E-state index contributed by atoms with van der Waals surface area (Å²) >= 11 is 0. The standard InChI is InChI=1S/C34H52N6O4S2/c41-45(42,39-18-6-2-7-19-39)33-29-34(46(43,44)40-20-8-3-9-21-40)32(28-31(33)35-15-23-36-16-10-11-17-36)38-26-24-37(25-27-38)22-14-30-12-4-1-5-13-30/h1,4-5,12-13,28-29,35H,2-3,6-11,14-27H2. The summed E-state index contributed by atoms with van der Waals surface area (Å²) in [6, 6.07) is 13.8. The summed E-state index contributed by atoms with van der Waals surface area (Å²) in [6.07, 6.45) is 8.68. The van der Waals surface area contributed by atoms with Gasteiger partial charge in [-0.3, -0.25) is 4.90 Å². The first-order chi connectivity index (χ1) is 22.3. The number of piperazine rings is 1. The second kappa shape index (κ2) is 15.3. The van der Waals surface area contributed by atoms with Crippen molar-refractivity contribution in [2.24, 2.45) is 0 Å². The first-order valence-corrected chi connectivity index (χ1v) is 20.4. The Morgan fingerprint density at radius 3 is 1.72 bits per heavy atom. The summed E-state index contributed by atoms with van der Waals surface area (Å²) in [4.78, 5) is 7.23. The number of hydrogen-bond acceptors (Lipinski definition) is 8. The van der Waals surface area contributed by atoms with E-state index in [-0.39, 0.29) is 9.79 Å². The van der Waals surface area contributed by atoms with Crippen LogP contribution in [0, 0.1) is 0 Å². The smallest absolute Gasteiger partial charge is 0.245 e. The Kier molecular flexibility index (Phi) is 11.2. The summed E-state index contributed by atoms with van der Waals surface area (Å²) in [5.41, 5.74) is 2.45. The number of likely N-dealkylation sites (tertiary alicyclic amines) is 1. The summed E-state index contributed by atoms with van der Waals surface area (Å²) in [5, 5.41) is 3.48. The van der Waals surface area contributed by atoms with Crippen molar-refractivity contribution in [3.63, 3.8) is 0 Å². The molecule has 0 radical (unpaired) electrons. The van der Waals surface area contributed by atoms with Crippen molar-refractivity contribution in [3.05, 3.63) is 48.0 Å². The normalized spacial score (nSPS) is 21.5. The lowest BCUT2D eigenvalue weighted by atomic mass is 10.1. The molecule has 0 amide bonds. The molecule has 10 nitrogen and oxygen atoms in total. The Morgan fingerprint density at radius 1 is 0.565 bits per heavy atom. The lowest BCUT2D eigenvalue weighted by Crippen LogP contribution is -2.47. The van der Waals surface area contributed by atoms with E-state index in [0.29, 0.717) is 57.2 Å². The SMILES string of the molecule is O=S(=O)(c1cc(S(=O)(=O)N2CCCCC2)c(N2CCN(CCc3ccccc3)CC2)cc1NCCN1CCCC1)N1CCCCC1. The van der Waals surface area contributed by atoms with Crippen LogP contribution in [0.1, 0.15) is 56.9 Å². The Labute approximate surface area is 276 Å². The largest absolute Gasteiger partial charge is 0.383 e. The average molecular weight is 673 g/mol. The minimum absolute atomic E-state index is 0.0941. The van der Waals surface area contributed by atoms with Crippen LogP contribution in [0.2, 0.25) is 0 Å². The van der Waals surface area contributed by atoms with E-state index in [0.717, 1.165) is 84.2 Å². The number of rotatable bonds is 12. The lowest BCUT2D eigenvalue weighted by Gasteiger charge is -2.38. The maximum absolute atomic E-state index is 14.4. The van der Waals surface area contributed by atoms with Gasteiger partial charge < -0.3 is 15.1 Å². The van der Waals surface area contributed by atoms with Gasteiger partial charge in [0, 0.05) is 72.0 Å². The van der Waals surface area contributed by atoms with Crippen molar-refractivity contribution in [1.29, 1.82) is 0 Å². The molecule has 12 heteroatoms. The summed E-state index contributed by atoms with van der Waals surface area (Å²) in [5.74, 6) is 0. The zero-order chi connectivity index (χ0) is 32.0. The third-order valence-electron chi connectivity index (χ3n) is 10.1.